The standard InChI is InChI=1S/C31H30BrN6PS2.Cu/c1-23(29(36-37-30(40)33-2)24-18-20-25(32)21-19-24)35-38-31(41)34-22-39(26-12-6-3-7-13-26,27-14-8-4-9-15-27)28-16-10-5-11-17-28;/h3-21H,22H2,1-2H3,(H3-,33,34,35,36,37,38,40,41);/q;+2/p-1. The summed E-state index contributed by atoms with van der Waals surface area (Å²) in [5.41, 5.74) is 1.92. The minimum absolute atomic E-state index is 0. The molecule has 0 bridgehead atoms. The molecule has 1 radical (unpaired) electrons. The molecule has 6 nitrogen and oxygen atoms in total. The molecule has 2 N–H and O–H groups in total. The van der Waals surface area contributed by atoms with Gasteiger partial charge in [-0.25, -0.2) is 0 Å². The summed E-state index contributed by atoms with van der Waals surface area (Å²) >= 11 is 14.3. The Hall–Kier alpha value is -2.97. The molecule has 0 aliphatic heterocycles. The maximum atomic E-state index is 5.67. The Labute approximate surface area is 278 Å². The van der Waals surface area contributed by atoms with Crippen molar-refractivity contribution >= 4 is 86.1 Å². The van der Waals surface area contributed by atoms with Gasteiger partial charge in [0.25, 0.3) is 0 Å². The first-order valence-electron chi connectivity index (χ1n) is 12.8. The fourth-order valence-corrected chi connectivity index (χ4v) is 8.65. The number of hydrogen-bond acceptors (Lipinski definition) is 6. The summed E-state index contributed by atoms with van der Waals surface area (Å²) in [5.74, 6) is 0. The first kappa shape index (κ1) is 33.5. The Kier molecular flexibility index (Phi) is 13.3. The van der Waals surface area contributed by atoms with E-state index in [0.717, 1.165) is 10.0 Å². The minimum atomic E-state index is -2.12. The van der Waals surface area contributed by atoms with Gasteiger partial charge in [-0.3, -0.25) is 0 Å². The van der Waals surface area contributed by atoms with Crippen molar-refractivity contribution in [2.75, 3.05) is 13.3 Å². The molecule has 0 spiro atoms. The third-order valence-corrected chi connectivity index (χ3v) is 11.5. The third kappa shape index (κ3) is 8.54. The number of halogens is 1. The Morgan fingerprint density at radius 1 is 0.667 bits per heavy atom. The molecule has 0 saturated carbocycles. The number of nitrogens with one attached hydrogen (secondary N) is 2. The second-order valence-electron chi connectivity index (χ2n) is 8.85. The molecule has 11 heteroatoms. The number of amidine groups is 2. The van der Waals surface area contributed by atoms with E-state index in [2.05, 4.69) is 120 Å². The molecular weight excluding hydrogens is 695 g/mol. The van der Waals surface area contributed by atoms with E-state index in [1.54, 1.807) is 7.05 Å². The second-order valence-corrected chi connectivity index (χ2v) is 14.0. The van der Waals surface area contributed by atoms with Gasteiger partial charge in [0.05, 0.1) is 5.71 Å². The van der Waals surface area contributed by atoms with Crippen LogP contribution in [-0.2, 0) is 42.3 Å². The topological polar surface area (TPSA) is 73.5 Å². The van der Waals surface area contributed by atoms with E-state index < -0.39 is 7.26 Å². The van der Waals surface area contributed by atoms with E-state index in [1.807, 2.05) is 49.4 Å². The molecule has 4 aromatic rings. The van der Waals surface area contributed by atoms with Crippen molar-refractivity contribution in [3.63, 3.8) is 0 Å². The molecule has 0 fully saturated rings. The van der Waals surface area contributed by atoms with Crippen LogP contribution in [0.4, 0.5) is 0 Å². The second kappa shape index (κ2) is 16.6. The fraction of sp³-hybridized carbons (Fsp3) is 0.0968. The van der Waals surface area contributed by atoms with Gasteiger partial charge in [0.1, 0.15) is 35.2 Å². The fourth-order valence-electron chi connectivity index (χ4n) is 4.25. The van der Waals surface area contributed by atoms with E-state index in [9.17, 15) is 0 Å². The van der Waals surface area contributed by atoms with E-state index >= 15 is 0 Å². The maximum absolute atomic E-state index is 5.67. The Bertz CT molecular complexity index is 1450. The Morgan fingerprint density at radius 2 is 1.12 bits per heavy atom. The quantitative estimate of drug-likeness (QED) is 0.0631. The molecule has 42 heavy (non-hydrogen) atoms. The normalized spacial score (nSPS) is 12.8. The van der Waals surface area contributed by atoms with Crippen molar-refractivity contribution in [2.45, 2.75) is 6.92 Å². The van der Waals surface area contributed by atoms with E-state index in [4.69, 9.17) is 25.3 Å². The van der Waals surface area contributed by atoms with Crippen molar-refractivity contribution in [3.05, 3.63) is 125 Å². The Balaban J connectivity index is 0.00000484. The van der Waals surface area contributed by atoms with Gasteiger partial charge in [-0.05, 0) is 60.6 Å². The van der Waals surface area contributed by atoms with Crippen LogP contribution in [0.5, 0.6) is 0 Å². The minimum Gasteiger partial charge on any atom is -0.741 e. The van der Waals surface area contributed by atoms with Gasteiger partial charge >= 0.3 is 17.1 Å². The summed E-state index contributed by atoms with van der Waals surface area (Å²) in [6, 6.07) is 39.5. The first-order chi connectivity index (χ1) is 19.9. The van der Waals surface area contributed by atoms with Gasteiger partial charge in [0, 0.05) is 22.3 Å². The average Bonchev–Trinajstić information content (AvgIpc) is 3.02. The van der Waals surface area contributed by atoms with Gasteiger partial charge in [-0.2, -0.15) is 15.3 Å². The van der Waals surface area contributed by atoms with Crippen molar-refractivity contribution < 1.29 is 17.1 Å². The molecule has 0 unspecified atom stereocenters. The zero-order valence-electron chi connectivity index (χ0n) is 22.9. The SMILES string of the molecule is CN/C([S-])=N/N=C(/C(C)=N/N=C(\[S-])NC[P+](c1ccccc1)(c1ccccc1)c1ccccc1)c1ccc(Br)cc1.[Cu+2]. The zero-order valence-corrected chi connectivity index (χ0v) is 28.0. The molecular formula is C31H29BrCuN6PS2+. The van der Waals surface area contributed by atoms with E-state index in [-0.39, 0.29) is 27.4 Å². The zero-order chi connectivity index (χ0) is 29.1. The summed E-state index contributed by atoms with van der Waals surface area (Å²) in [7, 11) is -0.425. The smallest absolute Gasteiger partial charge is 0.741 e. The molecule has 0 saturated heterocycles. The van der Waals surface area contributed by atoms with Crippen LogP contribution in [0.3, 0.4) is 0 Å². The third-order valence-electron chi connectivity index (χ3n) is 6.26. The number of rotatable bonds is 9. The molecule has 0 aliphatic rings. The maximum Gasteiger partial charge on any atom is 2.00 e. The first-order valence-corrected chi connectivity index (χ1v) is 16.4. The van der Waals surface area contributed by atoms with Crippen LogP contribution in [0.2, 0.25) is 0 Å². The van der Waals surface area contributed by atoms with Crippen LogP contribution in [-0.4, -0.2) is 35.1 Å². The summed E-state index contributed by atoms with van der Waals surface area (Å²) in [6.45, 7) is 1.82. The largest absolute Gasteiger partial charge is 2.00 e. The van der Waals surface area contributed by atoms with Crippen molar-refractivity contribution in [3.8, 4) is 0 Å². The number of nitrogens with zero attached hydrogens (tertiary/aromatic N) is 4. The molecule has 217 valence electrons. The summed E-state index contributed by atoms with van der Waals surface area (Å²) in [5, 5.41) is 27.8. The van der Waals surface area contributed by atoms with Crippen molar-refractivity contribution in [1.29, 1.82) is 0 Å². The number of benzene rings is 4. The monoisotopic (exact) mass is 722 g/mol. The molecule has 4 rings (SSSR count). The van der Waals surface area contributed by atoms with Gasteiger partial charge < -0.3 is 35.9 Å². The molecule has 4 aromatic carbocycles. The molecule has 0 heterocycles. The predicted octanol–water partition coefficient (Wildman–Crippen LogP) is 5.09. The van der Waals surface area contributed by atoms with Crippen LogP contribution >= 0.6 is 23.2 Å². The van der Waals surface area contributed by atoms with Gasteiger partial charge in [-0.15, -0.1) is 5.10 Å². The van der Waals surface area contributed by atoms with Crippen LogP contribution in [0.1, 0.15) is 12.5 Å². The summed E-state index contributed by atoms with van der Waals surface area (Å²) < 4.78 is 0.954. The molecule has 0 aromatic heterocycles. The van der Waals surface area contributed by atoms with Crippen LogP contribution < -0.4 is 26.5 Å². The average molecular weight is 724 g/mol. The Morgan fingerprint density at radius 3 is 1.57 bits per heavy atom. The molecule has 0 atom stereocenters. The van der Waals surface area contributed by atoms with Crippen molar-refractivity contribution in [1.82, 2.24) is 10.6 Å². The van der Waals surface area contributed by atoms with E-state index in [1.165, 1.54) is 15.9 Å². The number of hydrogen-bond donors (Lipinski definition) is 2. The van der Waals surface area contributed by atoms with Gasteiger partial charge in [0.15, 0.2) is 0 Å². The molecule has 0 aliphatic carbocycles. The van der Waals surface area contributed by atoms with Gasteiger partial charge in [-0.1, -0.05) is 82.7 Å². The van der Waals surface area contributed by atoms with Crippen molar-refractivity contribution in [2.24, 2.45) is 20.4 Å². The van der Waals surface area contributed by atoms with Crippen LogP contribution in [0.25, 0.3) is 0 Å². The summed E-state index contributed by atoms with van der Waals surface area (Å²) in [4.78, 5) is 0. The predicted molar refractivity (Wildman–Crippen MR) is 186 cm³/mol. The van der Waals surface area contributed by atoms with Crippen LogP contribution in [0, 0.1) is 0 Å². The summed E-state index contributed by atoms with van der Waals surface area (Å²) in [6.07, 6.45) is 0.585. The van der Waals surface area contributed by atoms with Gasteiger partial charge in [0.2, 0.25) is 0 Å². The molecule has 0 amide bonds. The van der Waals surface area contributed by atoms with E-state index in [0.29, 0.717) is 17.7 Å². The van der Waals surface area contributed by atoms with Crippen LogP contribution in [0.15, 0.2) is 140 Å².